The maximum atomic E-state index is 12.3. The van der Waals surface area contributed by atoms with Crippen LogP contribution in [0, 0.1) is 10.1 Å². The number of carbonyl (C=O) groups excluding carboxylic acids is 2. The topological polar surface area (TPSA) is 117 Å². The zero-order valence-electron chi connectivity index (χ0n) is 15.6. The number of halogens is 1. The van der Waals surface area contributed by atoms with Crippen LogP contribution in [0.25, 0.3) is 0 Å². The number of nitrogens with one attached hydrogen (secondary N) is 1. The van der Waals surface area contributed by atoms with Crippen LogP contribution in [-0.2, 0) is 16.0 Å². The van der Waals surface area contributed by atoms with Crippen molar-refractivity contribution in [3.8, 4) is 5.75 Å². The third-order valence-electron chi connectivity index (χ3n) is 3.81. The number of amides is 1. The van der Waals surface area contributed by atoms with Gasteiger partial charge in [0.25, 0.3) is 11.0 Å². The largest absolute Gasteiger partial charge is 0.496 e. The van der Waals surface area contributed by atoms with E-state index in [4.69, 9.17) is 21.1 Å². The van der Waals surface area contributed by atoms with Crippen LogP contribution in [0.3, 0.4) is 0 Å². The van der Waals surface area contributed by atoms with Crippen LogP contribution in [0.2, 0.25) is 5.02 Å². The average molecular weight is 423 g/mol. The number of benzene rings is 2. The number of esters is 1. The summed E-state index contributed by atoms with van der Waals surface area (Å²) in [6.45, 7) is -0.176. The molecule has 0 aliphatic rings. The number of hydrogen-bond acceptors (Lipinski definition) is 7. The predicted octanol–water partition coefficient (Wildman–Crippen LogP) is 2.69. The van der Waals surface area contributed by atoms with Gasteiger partial charge in [-0.25, -0.2) is 4.79 Å². The fraction of sp³-hybridized carbons (Fsp3) is 0.263. The molecular formula is C19H19ClN2O7. The molecule has 0 radical (unpaired) electrons. The highest BCUT2D eigenvalue weighted by Crippen LogP contribution is 2.22. The molecule has 0 saturated heterocycles. The molecule has 1 N–H and O–H groups in total. The fourth-order valence-electron chi connectivity index (χ4n) is 2.41. The van der Waals surface area contributed by atoms with Gasteiger partial charge in [0.15, 0.2) is 0 Å². The van der Waals surface area contributed by atoms with Crippen molar-refractivity contribution < 1.29 is 29.0 Å². The van der Waals surface area contributed by atoms with Crippen LogP contribution in [0.4, 0.5) is 0 Å². The highest BCUT2D eigenvalue weighted by Gasteiger charge is 2.13. The summed E-state index contributed by atoms with van der Waals surface area (Å²) in [7, 11) is 1.47. The highest BCUT2D eigenvalue weighted by atomic mass is 35.5. The number of methoxy groups -OCH3 is 1. The van der Waals surface area contributed by atoms with Crippen LogP contribution >= 0.6 is 11.6 Å². The smallest absolute Gasteiger partial charge is 0.338 e. The SMILES string of the molecule is COc1ccc(Cl)cc1C(=O)NCCc1ccc(C(=O)OCCO[N+](=O)[O-])cc1. The van der Waals surface area contributed by atoms with Gasteiger partial charge in [0.2, 0.25) is 0 Å². The quantitative estimate of drug-likeness (QED) is 0.270. The van der Waals surface area contributed by atoms with Crippen LogP contribution in [0.15, 0.2) is 42.5 Å². The van der Waals surface area contributed by atoms with Crippen molar-refractivity contribution in [2.75, 3.05) is 26.9 Å². The lowest BCUT2D eigenvalue weighted by Gasteiger charge is -2.10. The minimum absolute atomic E-state index is 0.222. The molecule has 154 valence electrons. The van der Waals surface area contributed by atoms with Gasteiger partial charge >= 0.3 is 5.97 Å². The van der Waals surface area contributed by atoms with Crippen molar-refractivity contribution in [2.24, 2.45) is 0 Å². The van der Waals surface area contributed by atoms with Gasteiger partial charge < -0.3 is 19.6 Å². The molecule has 0 aliphatic heterocycles. The van der Waals surface area contributed by atoms with Crippen molar-refractivity contribution in [2.45, 2.75) is 6.42 Å². The lowest BCUT2D eigenvalue weighted by atomic mass is 10.1. The summed E-state index contributed by atoms with van der Waals surface area (Å²) >= 11 is 5.93. The van der Waals surface area contributed by atoms with Gasteiger partial charge in [-0.3, -0.25) is 4.79 Å². The summed E-state index contributed by atoms with van der Waals surface area (Å²) in [6.07, 6.45) is 0.542. The Morgan fingerprint density at radius 1 is 1.14 bits per heavy atom. The first kappa shape index (κ1) is 22.0. The van der Waals surface area contributed by atoms with Crippen molar-refractivity contribution >= 4 is 23.5 Å². The first-order valence-electron chi connectivity index (χ1n) is 8.56. The molecular weight excluding hydrogens is 404 g/mol. The summed E-state index contributed by atoms with van der Waals surface area (Å²) in [5.74, 6) is -0.482. The van der Waals surface area contributed by atoms with Gasteiger partial charge in [-0.1, -0.05) is 23.7 Å². The Balaban J connectivity index is 1.81. The average Bonchev–Trinajstić information content (AvgIpc) is 2.71. The normalized spacial score (nSPS) is 10.1. The van der Waals surface area contributed by atoms with E-state index in [0.29, 0.717) is 34.9 Å². The molecule has 0 spiro atoms. The van der Waals surface area contributed by atoms with E-state index in [9.17, 15) is 19.7 Å². The lowest BCUT2D eigenvalue weighted by Crippen LogP contribution is -2.26. The zero-order chi connectivity index (χ0) is 21.2. The van der Waals surface area contributed by atoms with Crippen LogP contribution in [0.5, 0.6) is 5.75 Å². The number of rotatable bonds is 10. The van der Waals surface area contributed by atoms with Gasteiger partial charge in [0, 0.05) is 11.6 Å². The van der Waals surface area contributed by atoms with Crippen molar-refractivity contribution in [1.29, 1.82) is 0 Å². The molecule has 2 aromatic carbocycles. The minimum Gasteiger partial charge on any atom is -0.496 e. The molecule has 2 rings (SSSR count). The van der Waals surface area contributed by atoms with E-state index in [1.54, 1.807) is 36.4 Å². The summed E-state index contributed by atoms with van der Waals surface area (Å²) in [5, 5.41) is 12.3. The van der Waals surface area contributed by atoms with Gasteiger partial charge in [0.1, 0.15) is 19.0 Å². The molecule has 0 bridgehead atoms. The molecule has 0 saturated carbocycles. The Morgan fingerprint density at radius 2 is 1.86 bits per heavy atom. The van der Waals surface area contributed by atoms with Gasteiger partial charge in [-0.15, -0.1) is 10.1 Å². The summed E-state index contributed by atoms with van der Waals surface area (Å²) in [4.78, 5) is 38.2. The maximum absolute atomic E-state index is 12.3. The summed E-state index contributed by atoms with van der Waals surface area (Å²) in [5.41, 5.74) is 1.55. The standard InChI is InChI=1S/C19H19ClN2O7/c1-27-17-7-6-15(20)12-16(17)18(23)21-9-8-13-2-4-14(5-3-13)19(24)28-10-11-29-22(25)26/h2-7,12H,8-11H2,1H3,(H,21,23). The molecule has 0 unspecified atom stereocenters. The highest BCUT2D eigenvalue weighted by molar-refractivity contribution is 6.31. The van der Waals surface area contributed by atoms with E-state index in [0.717, 1.165) is 5.56 Å². The number of nitrogens with zero attached hydrogens (tertiary/aromatic N) is 1. The van der Waals surface area contributed by atoms with E-state index in [2.05, 4.69) is 10.2 Å². The second-order valence-electron chi connectivity index (χ2n) is 5.74. The van der Waals surface area contributed by atoms with E-state index < -0.39 is 11.1 Å². The van der Waals surface area contributed by atoms with Crippen LogP contribution in [0.1, 0.15) is 26.3 Å². The Morgan fingerprint density at radius 3 is 2.52 bits per heavy atom. The monoisotopic (exact) mass is 422 g/mol. The molecule has 0 heterocycles. The first-order chi connectivity index (χ1) is 13.9. The van der Waals surface area contributed by atoms with Gasteiger partial charge in [0.05, 0.1) is 18.2 Å². The Kier molecular flexibility index (Phi) is 8.23. The van der Waals surface area contributed by atoms with Crippen LogP contribution < -0.4 is 10.1 Å². The molecule has 0 aliphatic carbocycles. The fourth-order valence-corrected chi connectivity index (χ4v) is 2.58. The Bertz CT molecular complexity index is 871. The zero-order valence-corrected chi connectivity index (χ0v) is 16.3. The van der Waals surface area contributed by atoms with Crippen LogP contribution in [-0.4, -0.2) is 43.8 Å². The molecule has 0 fully saturated rings. The Hall–Kier alpha value is -3.33. The number of ether oxygens (including phenoxy) is 2. The molecule has 9 nitrogen and oxygen atoms in total. The van der Waals surface area contributed by atoms with Crippen molar-refractivity contribution in [3.05, 3.63) is 74.3 Å². The van der Waals surface area contributed by atoms with E-state index >= 15 is 0 Å². The lowest BCUT2D eigenvalue weighted by molar-refractivity contribution is -0.757. The van der Waals surface area contributed by atoms with Gasteiger partial charge in [-0.05, 0) is 42.3 Å². The van der Waals surface area contributed by atoms with Gasteiger partial charge in [-0.2, -0.15) is 0 Å². The summed E-state index contributed by atoms with van der Waals surface area (Å²) in [6, 6.07) is 11.4. The second kappa shape index (κ2) is 10.9. The third-order valence-corrected chi connectivity index (χ3v) is 4.04. The third kappa shape index (κ3) is 6.96. The van der Waals surface area contributed by atoms with Crippen molar-refractivity contribution in [3.63, 3.8) is 0 Å². The molecule has 0 aromatic heterocycles. The second-order valence-corrected chi connectivity index (χ2v) is 6.18. The number of carbonyl (C=O) groups is 2. The maximum Gasteiger partial charge on any atom is 0.338 e. The summed E-state index contributed by atoms with van der Waals surface area (Å²) < 4.78 is 10.0. The predicted molar refractivity (Wildman–Crippen MR) is 104 cm³/mol. The first-order valence-corrected chi connectivity index (χ1v) is 8.93. The Labute approximate surface area is 171 Å². The molecule has 1 amide bonds. The minimum atomic E-state index is -0.954. The molecule has 2 aromatic rings. The van der Waals surface area contributed by atoms with E-state index in [1.165, 1.54) is 13.2 Å². The van der Waals surface area contributed by atoms with E-state index in [-0.39, 0.29) is 19.1 Å². The van der Waals surface area contributed by atoms with E-state index in [1.807, 2.05) is 0 Å². The molecule has 29 heavy (non-hydrogen) atoms. The number of hydrogen-bond donors (Lipinski definition) is 1. The molecule has 0 atom stereocenters. The van der Waals surface area contributed by atoms with Crippen molar-refractivity contribution in [1.82, 2.24) is 5.32 Å². The molecule has 10 heteroatoms.